The Balaban J connectivity index is 2.18. The molecule has 0 saturated heterocycles. The Morgan fingerprint density at radius 2 is 2.20 bits per heavy atom. The molecule has 0 aliphatic rings. The number of aromatic carboxylic acids is 1. The van der Waals surface area contributed by atoms with Crippen molar-refractivity contribution in [1.82, 2.24) is 25.0 Å². The summed E-state index contributed by atoms with van der Waals surface area (Å²) >= 11 is 0. The van der Waals surface area contributed by atoms with Crippen LogP contribution in [0.15, 0.2) is 36.7 Å². The van der Waals surface area contributed by atoms with Crippen molar-refractivity contribution in [3.63, 3.8) is 0 Å². The van der Waals surface area contributed by atoms with E-state index in [1.807, 2.05) is 19.1 Å². The summed E-state index contributed by atoms with van der Waals surface area (Å²) in [5.41, 5.74) is 2.83. The van der Waals surface area contributed by atoms with Gasteiger partial charge in [-0.2, -0.15) is 10.2 Å². The Labute approximate surface area is 113 Å². The summed E-state index contributed by atoms with van der Waals surface area (Å²) < 4.78 is 1.53. The molecule has 0 unspecified atom stereocenters. The van der Waals surface area contributed by atoms with Gasteiger partial charge in [0.25, 0.3) is 0 Å². The van der Waals surface area contributed by atoms with Gasteiger partial charge in [-0.15, -0.1) is 0 Å². The smallest absolute Gasteiger partial charge is 0.356 e. The second-order valence-corrected chi connectivity index (χ2v) is 4.26. The molecule has 100 valence electrons. The fraction of sp³-hybridized carbons (Fsp3) is 0.0769. The lowest BCUT2D eigenvalue weighted by Crippen LogP contribution is -2.03. The lowest BCUT2D eigenvalue weighted by atomic mass is 10.2. The van der Waals surface area contributed by atoms with Crippen molar-refractivity contribution in [3.05, 3.63) is 48.0 Å². The van der Waals surface area contributed by atoms with Gasteiger partial charge in [0, 0.05) is 18.0 Å². The molecule has 0 aromatic carbocycles. The first-order chi connectivity index (χ1) is 9.65. The normalized spacial score (nSPS) is 10.7. The van der Waals surface area contributed by atoms with Crippen LogP contribution >= 0.6 is 0 Å². The fourth-order valence-electron chi connectivity index (χ4n) is 1.86. The Morgan fingerprint density at radius 1 is 1.35 bits per heavy atom. The summed E-state index contributed by atoms with van der Waals surface area (Å²) in [6.45, 7) is 1.88. The zero-order valence-corrected chi connectivity index (χ0v) is 10.6. The van der Waals surface area contributed by atoms with Crippen LogP contribution in [0.1, 0.15) is 16.2 Å². The second-order valence-electron chi connectivity index (χ2n) is 4.26. The largest absolute Gasteiger partial charge is 0.476 e. The number of nitrogens with one attached hydrogen (secondary N) is 1. The summed E-state index contributed by atoms with van der Waals surface area (Å²) in [5.74, 6) is -1.08. The van der Waals surface area contributed by atoms with Gasteiger partial charge in [-0.3, -0.25) is 10.1 Å². The monoisotopic (exact) mass is 269 g/mol. The average Bonchev–Trinajstić information content (AvgIpc) is 3.08. The molecule has 0 spiro atoms. The van der Waals surface area contributed by atoms with Gasteiger partial charge in [0.2, 0.25) is 0 Å². The van der Waals surface area contributed by atoms with Crippen LogP contribution in [0.4, 0.5) is 0 Å². The second kappa shape index (κ2) is 4.61. The van der Waals surface area contributed by atoms with Crippen LogP contribution < -0.4 is 0 Å². The molecule has 0 aliphatic heterocycles. The molecule has 0 amide bonds. The van der Waals surface area contributed by atoms with Crippen LogP contribution in [0.25, 0.3) is 17.1 Å². The molecule has 0 radical (unpaired) electrons. The van der Waals surface area contributed by atoms with Crippen LogP contribution in [-0.4, -0.2) is 36.0 Å². The highest BCUT2D eigenvalue weighted by molar-refractivity contribution is 5.87. The lowest BCUT2D eigenvalue weighted by Gasteiger charge is -2.05. The summed E-state index contributed by atoms with van der Waals surface area (Å²) in [6, 6.07) is 6.92. The van der Waals surface area contributed by atoms with E-state index in [4.69, 9.17) is 5.11 Å². The van der Waals surface area contributed by atoms with Crippen molar-refractivity contribution >= 4 is 5.97 Å². The standard InChI is InChI=1S/C13H11N5O2/c1-8-2-3-9(7-14-8)18-12(10-4-5-15-16-10)6-11(17-18)13(19)20/h2-7H,1H3,(H,15,16)(H,19,20). The van der Waals surface area contributed by atoms with E-state index in [9.17, 15) is 4.79 Å². The van der Waals surface area contributed by atoms with E-state index >= 15 is 0 Å². The molecule has 3 rings (SSSR count). The van der Waals surface area contributed by atoms with Crippen molar-refractivity contribution in [3.8, 4) is 17.1 Å². The molecule has 3 aromatic rings. The third-order valence-electron chi connectivity index (χ3n) is 2.85. The number of nitrogens with zero attached hydrogens (tertiary/aromatic N) is 4. The van der Waals surface area contributed by atoms with Crippen molar-refractivity contribution in [2.75, 3.05) is 0 Å². The van der Waals surface area contributed by atoms with Crippen molar-refractivity contribution in [2.45, 2.75) is 6.92 Å². The Morgan fingerprint density at radius 3 is 2.80 bits per heavy atom. The summed E-state index contributed by atoms with van der Waals surface area (Å²) in [5, 5.41) is 19.9. The number of aromatic nitrogens is 5. The highest BCUT2D eigenvalue weighted by atomic mass is 16.4. The Bertz CT molecular complexity index is 744. The van der Waals surface area contributed by atoms with Crippen LogP contribution in [-0.2, 0) is 0 Å². The minimum atomic E-state index is -1.08. The number of H-pyrrole nitrogens is 1. The summed E-state index contributed by atoms with van der Waals surface area (Å²) in [7, 11) is 0. The van der Waals surface area contributed by atoms with Gasteiger partial charge in [-0.1, -0.05) is 0 Å². The minimum Gasteiger partial charge on any atom is -0.476 e. The molecule has 0 fully saturated rings. The topological polar surface area (TPSA) is 96.7 Å². The van der Waals surface area contributed by atoms with Gasteiger partial charge in [0.05, 0.1) is 23.3 Å². The molecule has 0 atom stereocenters. The number of aromatic amines is 1. The Kier molecular flexibility index (Phi) is 2.79. The quantitative estimate of drug-likeness (QED) is 0.753. The van der Waals surface area contributed by atoms with Crippen LogP contribution in [0.5, 0.6) is 0 Å². The van der Waals surface area contributed by atoms with Gasteiger partial charge in [0.15, 0.2) is 5.69 Å². The number of hydrogen-bond acceptors (Lipinski definition) is 4. The fourth-order valence-corrected chi connectivity index (χ4v) is 1.86. The minimum absolute atomic E-state index is 0.0322. The molecule has 7 heteroatoms. The van der Waals surface area contributed by atoms with Crippen LogP contribution in [0.3, 0.4) is 0 Å². The van der Waals surface area contributed by atoms with Crippen molar-refractivity contribution in [1.29, 1.82) is 0 Å². The third kappa shape index (κ3) is 2.05. The molecule has 3 aromatic heterocycles. The summed E-state index contributed by atoms with van der Waals surface area (Å²) in [6.07, 6.45) is 3.24. The Hall–Kier alpha value is -2.96. The number of hydrogen-bond donors (Lipinski definition) is 2. The predicted molar refractivity (Wildman–Crippen MR) is 70.6 cm³/mol. The van der Waals surface area contributed by atoms with Gasteiger partial charge in [0.1, 0.15) is 0 Å². The van der Waals surface area contributed by atoms with E-state index in [1.165, 1.54) is 10.7 Å². The van der Waals surface area contributed by atoms with Gasteiger partial charge >= 0.3 is 5.97 Å². The number of aryl methyl sites for hydroxylation is 1. The third-order valence-corrected chi connectivity index (χ3v) is 2.85. The van der Waals surface area contributed by atoms with Gasteiger partial charge in [-0.05, 0) is 25.1 Å². The first kappa shape index (κ1) is 12.1. The maximum atomic E-state index is 11.1. The number of rotatable bonds is 3. The van der Waals surface area contributed by atoms with E-state index in [2.05, 4.69) is 20.3 Å². The molecule has 0 aliphatic carbocycles. The number of carboxylic acid groups (broad SMARTS) is 1. The van der Waals surface area contributed by atoms with E-state index in [1.54, 1.807) is 18.5 Å². The average molecular weight is 269 g/mol. The van der Waals surface area contributed by atoms with Crippen LogP contribution in [0, 0.1) is 6.92 Å². The van der Waals surface area contributed by atoms with Crippen molar-refractivity contribution < 1.29 is 9.90 Å². The zero-order valence-electron chi connectivity index (χ0n) is 10.6. The SMILES string of the molecule is Cc1ccc(-n2nc(C(=O)O)cc2-c2ccn[nH]2)cn1. The van der Waals surface area contributed by atoms with E-state index in [0.717, 1.165) is 5.69 Å². The maximum absolute atomic E-state index is 11.1. The van der Waals surface area contributed by atoms with Gasteiger partial charge in [-0.25, -0.2) is 9.48 Å². The molecular formula is C13H11N5O2. The first-order valence-electron chi connectivity index (χ1n) is 5.91. The molecule has 0 bridgehead atoms. The number of carboxylic acids is 1. The van der Waals surface area contributed by atoms with E-state index < -0.39 is 5.97 Å². The highest BCUT2D eigenvalue weighted by Gasteiger charge is 2.16. The van der Waals surface area contributed by atoms with Gasteiger partial charge < -0.3 is 5.11 Å². The van der Waals surface area contributed by atoms with E-state index in [-0.39, 0.29) is 5.69 Å². The first-order valence-corrected chi connectivity index (χ1v) is 5.91. The van der Waals surface area contributed by atoms with Crippen LogP contribution in [0.2, 0.25) is 0 Å². The van der Waals surface area contributed by atoms with E-state index in [0.29, 0.717) is 17.1 Å². The lowest BCUT2D eigenvalue weighted by molar-refractivity contribution is 0.0690. The maximum Gasteiger partial charge on any atom is 0.356 e. The molecule has 0 saturated carbocycles. The molecule has 7 nitrogen and oxygen atoms in total. The van der Waals surface area contributed by atoms with Crippen molar-refractivity contribution in [2.24, 2.45) is 0 Å². The number of carbonyl (C=O) groups is 1. The molecule has 2 N–H and O–H groups in total. The molecular weight excluding hydrogens is 258 g/mol. The summed E-state index contributed by atoms with van der Waals surface area (Å²) in [4.78, 5) is 15.3. The predicted octanol–water partition coefficient (Wildman–Crippen LogP) is 1.66. The molecule has 3 heterocycles. The number of pyridine rings is 1. The zero-order chi connectivity index (χ0) is 14.1. The molecule has 20 heavy (non-hydrogen) atoms. The highest BCUT2D eigenvalue weighted by Crippen LogP contribution is 2.21.